The molecule has 5 nitrogen and oxygen atoms in total. The van der Waals surface area contributed by atoms with Crippen LogP contribution in [0.25, 0.3) is 0 Å². The van der Waals surface area contributed by atoms with Crippen molar-refractivity contribution >= 4 is 10.0 Å². The number of aromatic nitrogens is 1. The lowest BCUT2D eigenvalue weighted by molar-refractivity contribution is 0.238. The Bertz CT molecular complexity index is 542. The number of sulfonamides is 1. The first-order valence-electron chi connectivity index (χ1n) is 7.08. The summed E-state index contributed by atoms with van der Waals surface area (Å²) in [7, 11) is -1.84. The molecule has 1 heterocycles. The van der Waals surface area contributed by atoms with Crippen molar-refractivity contribution in [1.29, 1.82) is 0 Å². The molecule has 0 spiro atoms. The molecule has 0 aliphatic heterocycles. The molecule has 0 aromatic carbocycles. The number of nitrogens with zero attached hydrogens (tertiary/aromatic N) is 2. The molecule has 0 radical (unpaired) electrons. The topological polar surface area (TPSA) is 76.3 Å². The Morgan fingerprint density at radius 3 is 2.70 bits per heavy atom. The minimum absolute atomic E-state index is 0.0831. The Hall–Kier alpha value is -0.980. The van der Waals surface area contributed by atoms with Crippen molar-refractivity contribution < 1.29 is 8.42 Å². The summed E-state index contributed by atoms with van der Waals surface area (Å²) >= 11 is 0. The molecule has 2 rings (SSSR count). The van der Waals surface area contributed by atoms with Crippen LogP contribution in [0.1, 0.15) is 38.2 Å². The number of nitrogens with two attached hydrogens (primary N) is 1. The number of hydrogen-bond acceptors (Lipinski definition) is 4. The van der Waals surface area contributed by atoms with Gasteiger partial charge in [-0.15, -0.1) is 0 Å². The van der Waals surface area contributed by atoms with Crippen molar-refractivity contribution in [2.24, 2.45) is 11.7 Å². The summed E-state index contributed by atoms with van der Waals surface area (Å²) in [6, 6.07) is 3.34. The van der Waals surface area contributed by atoms with E-state index in [0.717, 1.165) is 24.8 Å². The van der Waals surface area contributed by atoms with E-state index in [1.165, 1.54) is 16.9 Å². The highest BCUT2D eigenvalue weighted by Crippen LogP contribution is 2.29. The highest BCUT2D eigenvalue weighted by atomic mass is 32.2. The lowest BCUT2D eigenvalue weighted by atomic mass is 9.87. The summed E-state index contributed by atoms with van der Waals surface area (Å²) in [4.78, 5) is 4.05. The largest absolute Gasteiger partial charge is 0.326 e. The summed E-state index contributed by atoms with van der Waals surface area (Å²) < 4.78 is 26.6. The van der Waals surface area contributed by atoms with Crippen LogP contribution in [0.15, 0.2) is 23.4 Å². The highest BCUT2D eigenvalue weighted by molar-refractivity contribution is 7.89. The van der Waals surface area contributed by atoms with Crippen LogP contribution in [0.3, 0.4) is 0 Å². The molecule has 1 aromatic heterocycles. The van der Waals surface area contributed by atoms with E-state index < -0.39 is 10.0 Å². The van der Waals surface area contributed by atoms with E-state index in [-0.39, 0.29) is 11.1 Å². The average molecular weight is 297 g/mol. The molecule has 6 heteroatoms. The van der Waals surface area contributed by atoms with Gasteiger partial charge in [-0.1, -0.05) is 25.8 Å². The summed E-state index contributed by atoms with van der Waals surface area (Å²) in [5.41, 5.74) is 6.33. The van der Waals surface area contributed by atoms with E-state index in [1.807, 2.05) is 0 Å². The van der Waals surface area contributed by atoms with Crippen LogP contribution >= 0.6 is 0 Å². The molecule has 20 heavy (non-hydrogen) atoms. The van der Waals surface area contributed by atoms with Gasteiger partial charge in [0.1, 0.15) is 0 Å². The van der Waals surface area contributed by atoms with Gasteiger partial charge >= 0.3 is 0 Å². The van der Waals surface area contributed by atoms with Crippen LogP contribution in [0.2, 0.25) is 0 Å². The van der Waals surface area contributed by atoms with Crippen LogP contribution < -0.4 is 5.73 Å². The van der Waals surface area contributed by atoms with Gasteiger partial charge in [0.25, 0.3) is 10.0 Å². The Labute approximate surface area is 121 Å². The summed E-state index contributed by atoms with van der Waals surface area (Å²) in [5, 5.41) is 0.107. The second kappa shape index (κ2) is 6.20. The molecule has 1 aliphatic carbocycles. The monoisotopic (exact) mass is 297 g/mol. The highest BCUT2D eigenvalue weighted by Gasteiger charge is 2.31. The SMILES string of the molecule is CC1CCCC(N(C)S(=O)(=O)c2ccc(CN)cn2)C1. The van der Waals surface area contributed by atoms with Crippen molar-refractivity contribution in [3.05, 3.63) is 23.9 Å². The van der Waals surface area contributed by atoms with E-state index in [9.17, 15) is 8.42 Å². The van der Waals surface area contributed by atoms with Crippen molar-refractivity contribution in [1.82, 2.24) is 9.29 Å². The van der Waals surface area contributed by atoms with Gasteiger partial charge in [0.15, 0.2) is 5.03 Å². The fraction of sp³-hybridized carbons (Fsp3) is 0.643. The van der Waals surface area contributed by atoms with E-state index in [2.05, 4.69) is 11.9 Å². The van der Waals surface area contributed by atoms with Gasteiger partial charge in [0.05, 0.1) is 0 Å². The van der Waals surface area contributed by atoms with Crippen LogP contribution in [0.5, 0.6) is 0 Å². The predicted octanol–water partition coefficient (Wildman–Crippen LogP) is 1.74. The quantitative estimate of drug-likeness (QED) is 0.918. The van der Waals surface area contributed by atoms with Crippen LogP contribution in [0.4, 0.5) is 0 Å². The molecule has 112 valence electrons. The van der Waals surface area contributed by atoms with Crippen molar-refractivity contribution in [3.63, 3.8) is 0 Å². The zero-order chi connectivity index (χ0) is 14.8. The van der Waals surface area contributed by atoms with Gasteiger partial charge in [-0.05, 0) is 30.4 Å². The summed E-state index contributed by atoms with van der Waals surface area (Å²) in [6.07, 6.45) is 5.67. The van der Waals surface area contributed by atoms with Crippen LogP contribution in [0, 0.1) is 5.92 Å². The van der Waals surface area contributed by atoms with Gasteiger partial charge in [-0.2, -0.15) is 4.31 Å². The second-order valence-corrected chi connectivity index (χ2v) is 7.60. The fourth-order valence-corrected chi connectivity index (χ4v) is 4.07. The first-order chi connectivity index (χ1) is 9.45. The lowest BCUT2D eigenvalue weighted by Gasteiger charge is -2.33. The standard InChI is InChI=1S/C14H23N3O2S/c1-11-4-3-5-13(8-11)17(2)20(18,19)14-7-6-12(9-15)10-16-14/h6-7,10-11,13H,3-5,8-9,15H2,1-2H3. The minimum Gasteiger partial charge on any atom is -0.326 e. The van der Waals surface area contributed by atoms with E-state index in [1.54, 1.807) is 19.2 Å². The second-order valence-electron chi connectivity index (χ2n) is 5.66. The maximum Gasteiger partial charge on any atom is 0.260 e. The molecular formula is C14H23N3O2S. The Balaban J connectivity index is 2.19. The third-order valence-electron chi connectivity index (χ3n) is 4.10. The van der Waals surface area contributed by atoms with E-state index in [0.29, 0.717) is 12.5 Å². The molecule has 1 aromatic rings. The first-order valence-corrected chi connectivity index (χ1v) is 8.52. The summed E-state index contributed by atoms with van der Waals surface area (Å²) in [6.45, 7) is 2.55. The van der Waals surface area contributed by atoms with Crippen molar-refractivity contribution in [3.8, 4) is 0 Å². The number of rotatable bonds is 4. The molecule has 0 saturated heterocycles. The van der Waals surface area contributed by atoms with Gasteiger partial charge in [0, 0.05) is 25.8 Å². The van der Waals surface area contributed by atoms with Crippen molar-refractivity contribution in [2.45, 2.75) is 50.2 Å². The van der Waals surface area contributed by atoms with E-state index >= 15 is 0 Å². The predicted molar refractivity (Wildman–Crippen MR) is 78.5 cm³/mol. The maximum absolute atomic E-state index is 12.6. The van der Waals surface area contributed by atoms with Gasteiger partial charge < -0.3 is 5.73 Å². The third kappa shape index (κ3) is 3.19. The fourth-order valence-electron chi connectivity index (χ4n) is 2.76. The zero-order valence-electron chi connectivity index (χ0n) is 12.1. The smallest absolute Gasteiger partial charge is 0.260 e. The first kappa shape index (κ1) is 15.4. The van der Waals surface area contributed by atoms with E-state index in [4.69, 9.17) is 5.73 Å². The normalized spacial score (nSPS) is 24.0. The van der Waals surface area contributed by atoms with Gasteiger partial charge in [-0.25, -0.2) is 13.4 Å². The number of hydrogen-bond donors (Lipinski definition) is 1. The molecule has 2 unspecified atom stereocenters. The van der Waals surface area contributed by atoms with Crippen molar-refractivity contribution in [2.75, 3.05) is 7.05 Å². The molecule has 0 amide bonds. The minimum atomic E-state index is -3.51. The summed E-state index contributed by atoms with van der Waals surface area (Å²) in [5.74, 6) is 0.582. The molecule has 2 atom stereocenters. The molecular weight excluding hydrogens is 274 g/mol. The molecule has 2 N–H and O–H groups in total. The Morgan fingerprint density at radius 1 is 1.40 bits per heavy atom. The number of pyridine rings is 1. The Kier molecular flexibility index (Phi) is 4.78. The van der Waals surface area contributed by atoms with Crippen LogP contribution in [-0.4, -0.2) is 30.8 Å². The molecule has 1 saturated carbocycles. The van der Waals surface area contributed by atoms with Gasteiger partial charge in [0.2, 0.25) is 0 Å². The van der Waals surface area contributed by atoms with Crippen LogP contribution in [-0.2, 0) is 16.6 Å². The Morgan fingerprint density at radius 2 is 2.15 bits per heavy atom. The average Bonchev–Trinajstić information content (AvgIpc) is 2.46. The lowest BCUT2D eigenvalue weighted by Crippen LogP contribution is -2.40. The molecule has 1 fully saturated rings. The molecule has 0 bridgehead atoms. The zero-order valence-corrected chi connectivity index (χ0v) is 12.9. The molecule has 1 aliphatic rings. The van der Waals surface area contributed by atoms with Gasteiger partial charge in [-0.3, -0.25) is 0 Å². The third-order valence-corrected chi connectivity index (χ3v) is 5.93. The maximum atomic E-state index is 12.6.